The quantitative estimate of drug-likeness (QED) is 0.431. The summed E-state index contributed by atoms with van der Waals surface area (Å²) >= 11 is 0. The summed E-state index contributed by atoms with van der Waals surface area (Å²) in [4.78, 5) is 23.7. The van der Waals surface area contributed by atoms with Gasteiger partial charge in [-0.3, -0.25) is 9.59 Å². The Labute approximate surface area is 158 Å². The van der Waals surface area contributed by atoms with E-state index in [2.05, 4.69) is 6.92 Å². The zero-order valence-corrected chi connectivity index (χ0v) is 16.4. The third kappa shape index (κ3) is 6.59. The minimum Gasteiger partial charge on any atom is -0.465 e. The van der Waals surface area contributed by atoms with Crippen LogP contribution in [0.5, 0.6) is 0 Å². The number of fused-ring (bicyclic) bond motifs is 1. The number of hydrogen-bond donors (Lipinski definition) is 0. The maximum atomic E-state index is 11.8. The molecule has 3 saturated carbocycles. The summed E-state index contributed by atoms with van der Waals surface area (Å²) in [5.74, 6) is 3.59. The van der Waals surface area contributed by atoms with Crippen LogP contribution in [0.25, 0.3) is 0 Å². The first-order valence-electron chi connectivity index (χ1n) is 10.9. The van der Waals surface area contributed by atoms with Gasteiger partial charge in [0.1, 0.15) is 0 Å². The molecular weight excluding hydrogens is 328 g/mol. The highest BCUT2D eigenvalue weighted by Gasteiger charge is 2.42. The number of hydrogen-bond acceptors (Lipinski definition) is 4. The van der Waals surface area contributed by atoms with Crippen LogP contribution < -0.4 is 0 Å². The van der Waals surface area contributed by atoms with Crippen LogP contribution >= 0.6 is 0 Å². The normalized spacial score (nSPS) is 33.2. The van der Waals surface area contributed by atoms with Crippen molar-refractivity contribution in [3.05, 3.63) is 0 Å². The van der Waals surface area contributed by atoms with E-state index in [9.17, 15) is 9.59 Å². The molecule has 0 aromatic heterocycles. The molecule has 0 aromatic rings. The summed E-state index contributed by atoms with van der Waals surface area (Å²) in [7, 11) is 0. The molecule has 148 valence electrons. The van der Waals surface area contributed by atoms with E-state index in [1.165, 1.54) is 51.4 Å². The predicted octanol–water partition coefficient (Wildman–Crippen LogP) is 4.90. The molecule has 0 aliphatic heterocycles. The highest BCUT2D eigenvalue weighted by atomic mass is 16.5. The third-order valence-corrected chi connectivity index (χ3v) is 6.67. The molecule has 0 radical (unpaired) electrons. The summed E-state index contributed by atoms with van der Waals surface area (Å²) in [6, 6.07) is 0. The SMILES string of the molecule is CC1CCCC(COC(=O)CCCCC(=O)OCC2CCC3CC3C2)C1. The van der Waals surface area contributed by atoms with Gasteiger partial charge in [0.15, 0.2) is 0 Å². The molecule has 4 heteroatoms. The van der Waals surface area contributed by atoms with E-state index in [1.807, 2.05) is 0 Å². The van der Waals surface area contributed by atoms with E-state index < -0.39 is 0 Å². The Kier molecular flexibility index (Phi) is 7.39. The van der Waals surface area contributed by atoms with Gasteiger partial charge in [0.05, 0.1) is 13.2 Å². The molecule has 5 atom stereocenters. The van der Waals surface area contributed by atoms with Crippen molar-refractivity contribution in [3.63, 3.8) is 0 Å². The van der Waals surface area contributed by atoms with Crippen LogP contribution in [0.2, 0.25) is 0 Å². The van der Waals surface area contributed by atoms with Gasteiger partial charge in [0.2, 0.25) is 0 Å². The van der Waals surface area contributed by atoms with Crippen molar-refractivity contribution in [1.29, 1.82) is 0 Å². The molecule has 3 fully saturated rings. The molecule has 26 heavy (non-hydrogen) atoms. The van der Waals surface area contributed by atoms with Gasteiger partial charge in [0, 0.05) is 12.8 Å². The van der Waals surface area contributed by atoms with Crippen LogP contribution in [0.4, 0.5) is 0 Å². The number of carbonyl (C=O) groups excluding carboxylic acids is 2. The first-order valence-corrected chi connectivity index (χ1v) is 10.9. The van der Waals surface area contributed by atoms with Crippen molar-refractivity contribution in [2.24, 2.45) is 29.6 Å². The monoisotopic (exact) mass is 364 g/mol. The summed E-state index contributed by atoms with van der Waals surface area (Å²) in [6.07, 6.45) is 12.4. The standard InChI is InChI=1S/C22H36O4/c1-16-5-4-6-17(11-16)14-25-21(23)7-2-3-8-22(24)26-15-18-9-10-19-13-20(19)12-18/h16-20H,2-15H2,1H3. The smallest absolute Gasteiger partial charge is 0.305 e. The second-order valence-corrected chi connectivity index (χ2v) is 9.15. The van der Waals surface area contributed by atoms with Gasteiger partial charge in [-0.15, -0.1) is 0 Å². The average molecular weight is 365 g/mol. The molecule has 0 saturated heterocycles. The van der Waals surface area contributed by atoms with Crippen LogP contribution in [-0.4, -0.2) is 25.2 Å². The molecule has 0 amide bonds. The van der Waals surface area contributed by atoms with Gasteiger partial charge >= 0.3 is 11.9 Å². The minimum absolute atomic E-state index is 0.104. The van der Waals surface area contributed by atoms with E-state index in [1.54, 1.807) is 0 Å². The van der Waals surface area contributed by atoms with Crippen LogP contribution in [0.1, 0.15) is 84.0 Å². The van der Waals surface area contributed by atoms with Crippen molar-refractivity contribution in [1.82, 2.24) is 0 Å². The summed E-state index contributed by atoms with van der Waals surface area (Å²) < 4.78 is 10.9. The Bertz CT molecular complexity index is 451. The fraction of sp³-hybridized carbons (Fsp3) is 0.909. The zero-order chi connectivity index (χ0) is 18.4. The van der Waals surface area contributed by atoms with E-state index in [0.717, 1.165) is 17.8 Å². The van der Waals surface area contributed by atoms with Gasteiger partial charge in [-0.2, -0.15) is 0 Å². The fourth-order valence-corrected chi connectivity index (χ4v) is 4.92. The molecule has 0 N–H and O–H groups in total. The molecule has 3 aliphatic rings. The molecule has 0 spiro atoms. The number of rotatable bonds is 9. The van der Waals surface area contributed by atoms with Crippen molar-refractivity contribution in [2.45, 2.75) is 84.0 Å². The molecular formula is C22H36O4. The second-order valence-electron chi connectivity index (χ2n) is 9.15. The molecule has 3 aliphatic carbocycles. The first kappa shape index (κ1) is 19.7. The summed E-state index contributed by atoms with van der Waals surface area (Å²) in [5, 5.41) is 0. The van der Waals surface area contributed by atoms with Gasteiger partial charge in [-0.05, 0) is 81.0 Å². The van der Waals surface area contributed by atoms with E-state index in [4.69, 9.17) is 9.47 Å². The molecule has 0 aromatic carbocycles. The highest BCUT2D eigenvalue weighted by Crippen LogP contribution is 2.51. The van der Waals surface area contributed by atoms with Gasteiger partial charge < -0.3 is 9.47 Å². The fourth-order valence-electron chi connectivity index (χ4n) is 4.92. The van der Waals surface area contributed by atoms with Gasteiger partial charge in [-0.25, -0.2) is 0 Å². The summed E-state index contributed by atoms with van der Waals surface area (Å²) in [5.41, 5.74) is 0. The average Bonchev–Trinajstić information content (AvgIpc) is 3.41. The van der Waals surface area contributed by atoms with Crippen LogP contribution in [-0.2, 0) is 19.1 Å². The lowest BCUT2D eigenvalue weighted by atomic mass is 9.83. The maximum Gasteiger partial charge on any atom is 0.305 e. The van der Waals surface area contributed by atoms with E-state index >= 15 is 0 Å². The molecule has 3 rings (SSSR count). The van der Waals surface area contributed by atoms with Crippen molar-refractivity contribution >= 4 is 11.9 Å². The number of esters is 2. The molecule has 4 nitrogen and oxygen atoms in total. The highest BCUT2D eigenvalue weighted by molar-refractivity contribution is 5.70. The lowest BCUT2D eigenvalue weighted by Crippen LogP contribution is -2.20. The Morgan fingerprint density at radius 2 is 1.42 bits per heavy atom. The molecule has 5 unspecified atom stereocenters. The van der Waals surface area contributed by atoms with Crippen molar-refractivity contribution in [2.75, 3.05) is 13.2 Å². The van der Waals surface area contributed by atoms with E-state index in [-0.39, 0.29) is 11.9 Å². The molecule has 0 bridgehead atoms. The van der Waals surface area contributed by atoms with Gasteiger partial charge in [0.25, 0.3) is 0 Å². The topological polar surface area (TPSA) is 52.6 Å². The van der Waals surface area contributed by atoms with Gasteiger partial charge in [-0.1, -0.05) is 19.8 Å². The van der Waals surface area contributed by atoms with Crippen LogP contribution in [0, 0.1) is 29.6 Å². The van der Waals surface area contributed by atoms with Crippen molar-refractivity contribution in [3.8, 4) is 0 Å². The Hall–Kier alpha value is -1.06. The van der Waals surface area contributed by atoms with Crippen LogP contribution in [0.15, 0.2) is 0 Å². The number of carbonyl (C=O) groups is 2. The lowest BCUT2D eigenvalue weighted by molar-refractivity contribution is -0.147. The number of ether oxygens (including phenoxy) is 2. The largest absolute Gasteiger partial charge is 0.465 e. The number of unbranched alkanes of at least 4 members (excludes halogenated alkanes) is 1. The first-order chi connectivity index (χ1) is 12.6. The predicted molar refractivity (Wildman–Crippen MR) is 100 cm³/mol. The Balaban J connectivity index is 1.16. The van der Waals surface area contributed by atoms with Crippen molar-refractivity contribution < 1.29 is 19.1 Å². The molecule has 0 heterocycles. The third-order valence-electron chi connectivity index (χ3n) is 6.67. The Morgan fingerprint density at radius 1 is 0.769 bits per heavy atom. The Morgan fingerprint density at radius 3 is 2.04 bits per heavy atom. The van der Waals surface area contributed by atoms with E-state index in [0.29, 0.717) is 50.7 Å². The second kappa shape index (κ2) is 9.75. The zero-order valence-electron chi connectivity index (χ0n) is 16.4. The summed E-state index contributed by atoms with van der Waals surface area (Å²) in [6.45, 7) is 3.46. The van der Waals surface area contributed by atoms with Crippen LogP contribution in [0.3, 0.4) is 0 Å². The lowest BCUT2D eigenvalue weighted by Gasteiger charge is -2.26. The maximum absolute atomic E-state index is 11.8. The minimum atomic E-state index is -0.113.